The lowest BCUT2D eigenvalue weighted by atomic mass is 10.2. The molecule has 31 heavy (non-hydrogen) atoms. The molecule has 1 atom stereocenters. The number of hydrogen-bond donors (Lipinski definition) is 1. The van der Waals surface area contributed by atoms with Crippen molar-refractivity contribution >= 4 is 21.6 Å². The number of carbonyl (C=O) groups is 1. The van der Waals surface area contributed by atoms with Crippen molar-refractivity contribution in [2.45, 2.75) is 17.9 Å². The van der Waals surface area contributed by atoms with E-state index < -0.39 is 22.0 Å². The van der Waals surface area contributed by atoms with Crippen LogP contribution in [0.25, 0.3) is 0 Å². The molecule has 1 saturated heterocycles. The average molecular weight is 451 g/mol. The first-order valence-electron chi connectivity index (χ1n) is 9.72. The molecule has 0 bridgehead atoms. The van der Waals surface area contributed by atoms with Crippen molar-refractivity contribution in [3.63, 3.8) is 0 Å². The number of rotatable bonds is 8. The van der Waals surface area contributed by atoms with Gasteiger partial charge in [0.15, 0.2) is 6.10 Å². The standard InChI is InChI=1S/C21H26N2O7S/c1-15(30-18-6-4-5-17(14-18)27-2)21(24)22-16-7-8-19(28-3)20(13-16)31(25,26)23-9-11-29-12-10-23/h4-8,13-15H,9-12H2,1-3H3,(H,22,24)/t15-/m0/s1. The third kappa shape index (κ3) is 5.46. The molecule has 1 fully saturated rings. The Morgan fingerprint density at radius 3 is 2.45 bits per heavy atom. The number of nitrogens with one attached hydrogen (secondary N) is 1. The van der Waals surface area contributed by atoms with Crippen LogP contribution < -0.4 is 19.5 Å². The fourth-order valence-corrected chi connectivity index (χ4v) is 4.65. The van der Waals surface area contributed by atoms with Crippen molar-refractivity contribution < 1.29 is 32.2 Å². The van der Waals surface area contributed by atoms with E-state index in [2.05, 4.69) is 5.32 Å². The number of benzene rings is 2. The second-order valence-corrected chi connectivity index (χ2v) is 8.72. The Morgan fingerprint density at radius 1 is 1.06 bits per heavy atom. The van der Waals surface area contributed by atoms with Crippen molar-refractivity contribution in [3.8, 4) is 17.2 Å². The highest BCUT2D eigenvalue weighted by Gasteiger charge is 2.30. The van der Waals surface area contributed by atoms with Gasteiger partial charge in [0.2, 0.25) is 10.0 Å². The van der Waals surface area contributed by atoms with Crippen molar-refractivity contribution in [2.75, 3.05) is 45.8 Å². The Morgan fingerprint density at radius 2 is 1.77 bits per heavy atom. The Balaban J connectivity index is 1.76. The molecule has 0 unspecified atom stereocenters. The number of methoxy groups -OCH3 is 2. The van der Waals surface area contributed by atoms with E-state index in [9.17, 15) is 13.2 Å². The highest BCUT2D eigenvalue weighted by molar-refractivity contribution is 7.89. The number of sulfonamides is 1. The summed E-state index contributed by atoms with van der Waals surface area (Å²) >= 11 is 0. The highest BCUT2D eigenvalue weighted by atomic mass is 32.2. The van der Waals surface area contributed by atoms with Gasteiger partial charge in [-0.05, 0) is 37.3 Å². The molecule has 168 valence electrons. The van der Waals surface area contributed by atoms with E-state index in [1.807, 2.05) is 0 Å². The van der Waals surface area contributed by atoms with Crippen LogP contribution >= 0.6 is 0 Å². The van der Waals surface area contributed by atoms with Crippen LogP contribution in [0.4, 0.5) is 5.69 Å². The van der Waals surface area contributed by atoms with Crippen LogP contribution in [0.3, 0.4) is 0 Å². The Kier molecular flexibility index (Phi) is 7.37. The van der Waals surface area contributed by atoms with Crippen LogP contribution in [0.1, 0.15) is 6.92 Å². The number of anilines is 1. The second-order valence-electron chi connectivity index (χ2n) is 6.81. The number of amides is 1. The minimum Gasteiger partial charge on any atom is -0.497 e. The van der Waals surface area contributed by atoms with E-state index in [-0.39, 0.29) is 23.7 Å². The third-order valence-electron chi connectivity index (χ3n) is 4.74. The largest absolute Gasteiger partial charge is 0.497 e. The molecule has 3 rings (SSSR count). The zero-order valence-corrected chi connectivity index (χ0v) is 18.5. The maximum atomic E-state index is 13.1. The summed E-state index contributed by atoms with van der Waals surface area (Å²) in [5, 5.41) is 2.70. The van der Waals surface area contributed by atoms with Gasteiger partial charge in [-0.25, -0.2) is 8.42 Å². The predicted octanol–water partition coefficient (Wildman–Crippen LogP) is 2.13. The summed E-state index contributed by atoms with van der Waals surface area (Å²) in [6.07, 6.45) is -0.825. The van der Waals surface area contributed by atoms with Crippen LogP contribution in [0.2, 0.25) is 0 Å². The maximum absolute atomic E-state index is 13.1. The van der Waals surface area contributed by atoms with Crippen molar-refractivity contribution in [1.82, 2.24) is 4.31 Å². The fourth-order valence-electron chi connectivity index (χ4n) is 3.06. The minimum absolute atomic E-state index is 0.0175. The minimum atomic E-state index is -3.81. The molecule has 2 aromatic rings. The zero-order valence-electron chi connectivity index (χ0n) is 17.7. The molecule has 10 heteroatoms. The molecule has 9 nitrogen and oxygen atoms in total. The van der Waals surface area contributed by atoms with E-state index in [0.29, 0.717) is 30.4 Å². The van der Waals surface area contributed by atoms with Crippen molar-refractivity contribution in [3.05, 3.63) is 42.5 Å². The number of nitrogens with zero attached hydrogens (tertiary/aromatic N) is 1. The van der Waals surface area contributed by atoms with Crippen LogP contribution in [0.5, 0.6) is 17.2 Å². The summed E-state index contributed by atoms with van der Waals surface area (Å²) in [6.45, 7) is 2.78. The molecule has 0 saturated carbocycles. The normalized spacial score (nSPS) is 15.7. The first kappa shape index (κ1) is 22.9. The average Bonchev–Trinajstić information content (AvgIpc) is 2.79. The predicted molar refractivity (Wildman–Crippen MR) is 114 cm³/mol. The van der Waals surface area contributed by atoms with E-state index in [1.54, 1.807) is 44.4 Å². The summed E-state index contributed by atoms with van der Waals surface area (Å²) in [5.41, 5.74) is 0.318. The number of morpholine rings is 1. The van der Waals surface area contributed by atoms with Crippen LogP contribution in [0.15, 0.2) is 47.4 Å². The zero-order chi connectivity index (χ0) is 22.4. The van der Waals surface area contributed by atoms with Gasteiger partial charge in [0.25, 0.3) is 5.91 Å². The van der Waals surface area contributed by atoms with E-state index in [4.69, 9.17) is 18.9 Å². The van der Waals surface area contributed by atoms with Gasteiger partial charge in [0.05, 0.1) is 27.4 Å². The van der Waals surface area contributed by atoms with Gasteiger partial charge >= 0.3 is 0 Å². The van der Waals surface area contributed by atoms with Crippen LogP contribution in [0, 0.1) is 0 Å². The Bertz CT molecular complexity index is 1020. The van der Waals surface area contributed by atoms with E-state index in [1.165, 1.54) is 23.5 Å². The first-order chi connectivity index (χ1) is 14.8. The quantitative estimate of drug-likeness (QED) is 0.657. The van der Waals surface area contributed by atoms with E-state index in [0.717, 1.165) is 0 Å². The molecular weight excluding hydrogens is 424 g/mol. The maximum Gasteiger partial charge on any atom is 0.265 e. The van der Waals surface area contributed by atoms with Gasteiger partial charge in [0.1, 0.15) is 22.1 Å². The van der Waals surface area contributed by atoms with Gasteiger partial charge in [-0.2, -0.15) is 4.31 Å². The van der Waals surface area contributed by atoms with Gasteiger partial charge in [-0.3, -0.25) is 4.79 Å². The van der Waals surface area contributed by atoms with E-state index >= 15 is 0 Å². The van der Waals surface area contributed by atoms with Crippen molar-refractivity contribution in [1.29, 1.82) is 0 Å². The molecule has 0 spiro atoms. The fraction of sp³-hybridized carbons (Fsp3) is 0.381. The second kappa shape index (κ2) is 9.99. The molecular formula is C21H26N2O7S. The monoisotopic (exact) mass is 450 g/mol. The molecule has 1 heterocycles. The summed E-state index contributed by atoms with van der Waals surface area (Å²) in [4.78, 5) is 12.6. The number of carbonyl (C=O) groups excluding carboxylic acids is 1. The van der Waals surface area contributed by atoms with Gasteiger partial charge < -0.3 is 24.3 Å². The Hall–Kier alpha value is -2.82. The summed E-state index contributed by atoms with van der Waals surface area (Å²) in [7, 11) is -0.866. The summed E-state index contributed by atoms with van der Waals surface area (Å²) < 4.78 is 48.8. The molecule has 1 aliphatic heterocycles. The van der Waals surface area contributed by atoms with Gasteiger partial charge in [-0.1, -0.05) is 6.07 Å². The van der Waals surface area contributed by atoms with Crippen LogP contribution in [-0.2, 0) is 19.6 Å². The summed E-state index contributed by atoms with van der Waals surface area (Å²) in [6, 6.07) is 11.4. The molecule has 0 aromatic heterocycles. The SMILES string of the molecule is COc1cccc(O[C@@H](C)C(=O)Nc2ccc(OC)c(S(=O)(=O)N3CCOCC3)c2)c1. The lowest BCUT2D eigenvalue weighted by molar-refractivity contribution is -0.122. The van der Waals surface area contributed by atoms with Crippen molar-refractivity contribution in [2.24, 2.45) is 0 Å². The molecule has 0 aliphatic carbocycles. The molecule has 1 aliphatic rings. The van der Waals surface area contributed by atoms with Crippen LogP contribution in [-0.4, -0.2) is 65.3 Å². The Labute approximate surface area is 181 Å². The molecule has 0 radical (unpaired) electrons. The lowest BCUT2D eigenvalue weighted by Crippen LogP contribution is -2.40. The number of ether oxygens (including phenoxy) is 4. The molecule has 1 amide bonds. The van der Waals surface area contributed by atoms with Gasteiger partial charge in [0, 0.05) is 24.8 Å². The topological polar surface area (TPSA) is 103 Å². The first-order valence-corrected chi connectivity index (χ1v) is 11.2. The smallest absolute Gasteiger partial charge is 0.265 e. The molecule has 1 N–H and O–H groups in total. The lowest BCUT2D eigenvalue weighted by Gasteiger charge is -2.27. The highest BCUT2D eigenvalue weighted by Crippen LogP contribution is 2.30. The van der Waals surface area contributed by atoms with Gasteiger partial charge in [-0.15, -0.1) is 0 Å². The number of hydrogen-bond acceptors (Lipinski definition) is 7. The summed E-state index contributed by atoms with van der Waals surface area (Å²) in [5.74, 6) is 0.860. The third-order valence-corrected chi connectivity index (χ3v) is 6.66. The molecule has 2 aromatic carbocycles.